The lowest BCUT2D eigenvalue weighted by Gasteiger charge is -2.13. The molecular formula is C12H11N5O3. The molecule has 2 heterocycles. The lowest BCUT2D eigenvalue weighted by Crippen LogP contribution is -2.27. The average molecular weight is 273 g/mol. The van der Waals surface area contributed by atoms with E-state index < -0.39 is 11.9 Å². The average Bonchev–Trinajstić information content (AvgIpc) is 3.01. The number of esters is 1. The van der Waals surface area contributed by atoms with Gasteiger partial charge < -0.3 is 4.74 Å². The van der Waals surface area contributed by atoms with Crippen LogP contribution >= 0.6 is 0 Å². The highest BCUT2D eigenvalue weighted by Crippen LogP contribution is 2.28. The minimum atomic E-state index is -0.560. The number of anilines is 1. The molecule has 0 bridgehead atoms. The van der Waals surface area contributed by atoms with E-state index in [9.17, 15) is 9.59 Å². The monoisotopic (exact) mass is 273 g/mol. The van der Waals surface area contributed by atoms with Crippen LogP contribution in [-0.2, 0) is 20.7 Å². The van der Waals surface area contributed by atoms with Crippen molar-refractivity contribution in [2.24, 2.45) is 5.92 Å². The van der Waals surface area contributed by atoms with Crippen molar-refractivity contribution in [2.75, 3.05) is 18.6 Å². The topological polar surface area (TPSA) is 123 Å². The van der Waals surface area contributed by atoms with Crippen LogP contribution in [0.25, 0.3) is 0 Å². The lowest BCUT2D eigenvalue weighted by atomic mass is 10.1. The van der Waals surface area contributed by atoms with Gasteiger partial charge in [-0.15, -0.1) is 0 Å². The highest BCUT2D eigenvalue weighted by Gasteiger charge is 2.38. The van der Waals surface area contributed by atoms with Crippen LogP contribution in [0.2, 0.25) is 0 Å². The fraction of sp³-hybridized carbons (Fsp3) is 0.417. The molecule has 0 spiro atoms. The van der Waals surface area contributed by atoms with Gasteiger partial charge in [-0.2, -0.15) is 15.6 Å². The van der Waals surface area contributed by atoms with Crippen LogP contribution in [0.3, 0.4) is 0 Å². The summed E-state index contributed by atoms with van der Waals surface area (Å²) in [5, 5.41) is 24.3. The van der Waals surface area contributed by atoms with Gasteiger partial charge in [0.05, 0.1) is 31.2 Å². The second-order valence-corrected chi connectivity index (χ2v) is 4.28. The zero-order valence-electron chi connectivity index (χ0n) is 10.7. The Morgan fingerprint density at radius 3 is 2.95 bits per heavy atom. The highest BCUT2D eigenvalue weighted by molar-refractivity contribution is 5.99. The fourth-order valence-corrected chi connectivity index (χ4v) is 2.12. The van der Waals surface area contributed by atoms with E-state index in [0.717, 1.165) is 0 Å². The standard InChI is InChI=1S/C12H11N5O3/c1-20-12(19)7-4-10(18)17(6-7)11-8(5-14)9(2-3-13)15-16-11/h7H,2,4,6H2,1H3,(H,15,16). The number of methoxy groups -OCH3 is 1. The SMILES string of the molecule is COC(=O)C1CC(=O)N(c2n[nH]c(CC#N)c2C#N)C1. The third-order valence-electron chi connectivity index (χ3n) is 3.11. The maximum absolute atomic E-state index is 11.9. The predicted molar refractivity (Wildman–Crippen MR) is 65.1 cm³/mol. The normalized spacial score (nSPS) is 17.6. The lowest BCUT2D eigenvalue weighted by molar-refractivity contribution is -0.145. The van der Waals surface area contributed by atoms with Crippen LogP contribution in [0.5, 0.6) is 0 Å². The Bertz CT molecular complexity index is 636. The summed E-state index contributed by atoms with van der Waals surface area (Å²) in [4.78, 5) is 24.7. The summed E-state index contributed by atoms with van der Waals surface area (Å²) < 4.78 is 4.61. The number of amides is 1. The van der Waals surface area contributed by atoms with Crippen LogP contribution in [0.1, 0.15) is 17.7 Å². The molecule has 1 aromatic heterocycles. The number of aromatic nitrogens is 2. The smallest absolute Gasteiger partial charge is 0.311 e. The maximum atomic E-state index is 11.9. The van der Waals surface area contributed by atoms with Crippen molar-refractivity contribution >= 4 is 17.7 Å². The molecule has 0 aliphatic carbocycles. The molecule has 1 unspecified atom stereocenters. The number of nitriles is 2. The third-order valence-corrected chi connectivity index (χ3v) is 3.11. The first-order valence-corrected chi connectivity index (χ1v) is 5.84. The van der Waals surface area contributed by atoms with Crippen molar-refractivity contribution in [3.05, 3.63) is 11.3 Å². The fourth-order valence-electron chi connectivity index (χ4n) is 2.12. The number of carbonyl (C=O) groups excluding carboxylic acids is 2. The van der Waals surface area contributed by atoms with E-state index in [-0.39, 0.29) is 36.7 Å². The van der Waals surface area contributed by atoms with Gasteiger partial charge in [-0.25, -0.2) is 0 Å². The number of hydrogen-bond acceptors (Lipinski definition) is 6. The van der Waals surface area contributed by atoms with Crippen LogP contribution < -0.4 is 4.90 Å². The molecule has 20 heavy (non-hydrogen) atoms. The molecule has 1 amide bonds. The number of ether oxygens (including phenoxy) is 1. The molecule has 1 N–H and O–H groups in total. The molecule has 0 aromatic carbocycles. The van der Waals surface area contributed by atoms with E-state index in [1.165, 1.54) is 12.0 Å². The molecule has 0 radical (unpaired) electrons. The van der Waals surface area contributed by atoms with Crippen molar-refractivity contribution in [1.82, 2.24) is 10.2 Å². The highest BCUT2D eigenvalue weighted by atomic mass is 16.5. The number of nitrogens with one attached hydrogen (secondary N) is 1. The van der Waals surface area contributed by atoms with E-state index >= 15 is 0 Å². The van der Waals surface area contributed by atoms with Crippen molar-refractivity contribution in [3.63, 3.8) is 0 Å². The molecule has 8 nitrogen and oxygen atoms in total. The molecule has 1 aromatic rings. The summed E-state index contributed by atoms with van der Waals surface area (Å²) in [5.41, 5.74) is 0.518. The van der Waals surface area contributed by atoms with Crippen molar-refractivity contribution < 1.29 is 14.3 Å². The largest absolute Gasteiger partial charge is 0.469 e. The first-order valence-electron chi connectivity index (χ1n) is 5.84. The summed E-state index contributed by atoms with van der Waals surface area (Å²) in [6.45, 7) is 0.122. The van der Waals surface area contributed by atoms with Gasteiger partial charge >= 0.3 is 5.97 Å². The number of aromatic amines is 1. The van der Waals surface area contributed by atoms with Gasteiger partial charge in [0.15, 0.2) is 5.82 Å². The second-order valence-electron chi connectivity index (χ2n) is 4.28. The molecule has 102 valence electrons. The maximum Gasteiger partial charge on any atom is 0.311 e. The van der Waals surface area contributed by atoms with E-state index in [0.29, 0.717) is 5.69 Å². The van der Waals surface area contributed by atoms with Gasteiger partial charge in [-0.3, -0.25) is 19.6 Å². The van der Waals surface area contributed by atoms with Crippen LogP contribution in [-0.4, -0.2) is 35.7 Å². The summed E-state index contributed by atoms with van der Waals surface area (Å²) in [6.07, 6.45) is 0.0241. The van der Waals surface area contributed by atoms with E-state index in [4.69, 9.17) is 10.5 Å². The quantitative estimate of drug-likeness (QED) is 0.765. The number of rotatable bonds is 3. The van der Waals surface area contributed by atoms with Crippen molar-refractivity contribution in [3.8, 4) is 12.1 Å². The summed E-state index contributed by atoms with van der Waals surface area (Å²) in [7, 11) is 1.26. The molecule has 8 heteroatoms. The van der Waals surface area contributed by atoms with Gasteiger partial charge in [0.25, 0.3) is 0 Å². The van der Waals surface area contributed by atoms with Gasteiger partial charge in [-0.05, 0) is 0 Å². The van der Waals surface area contributed by atoms with Gasteiger partial charge in [-0.1, -0.05) is 0 Å². The first-order chi connectivity index (χ1) is 9.62. The minimum Gasteiger partial charge on any atom is -0.469 e. The molecule has 0 saturated carbocycles. The Kier molecular flexibility index (Phi) is 3.67. The van der Waals surface area contributed by atoms with Crippen LogP contribution in [0.4, 0.5) is 5.82 Å². The van der Waals surface area contributed by atoms with Crippen molar-refractivity contribution in [1.29, 1.82) is 10.5 Å². The zero-order valence-corrected chi connectivity index (χ0v) is 10.7. The Morgan fingerprint density at radius 2 is 2.35 bits per heavy atom. The van der Waals surface area contributed by atoms with E-state index in [1.54, 1.807) is 0 Å². The van der Waals surface area contributed by atoms with E-state index in [2.05, 4.69) is 14.9 Å². The molecule has 1 aliphatic heterocycles. The molecule has 1 atom stereocenters. The summed E-state index contributed by atoms with van der Waals surface area (Å²) >= 11 is 0. The molecule has 1 fully saturated rings. The summed E-state index contributed by atoms with van der Waals surface area (Å²) in [5.74, 6) is -1.16. The number of carbonyl (C=O) groups is 2. The van der Waals surface area contributed by atoms with E-state index in [1.807, 2.05) is 12.1 Å². The Balaban J connectivity index is 2.29. The number of hydrogen-bond donors (Lipinski definition) is 1. The van der Waals surface area contributed by atoms with Crippen LogP contribution in [0, 0.1) is 28.6 Å². The third kappa shape index (κ3) is 2.19. The van der Waals surface area contributed by atoms with Crippen LogP contribution in [0.15, 0.2) is 0 Å². The summed E-state index contributed by atoms with van der Waals surface area (Å²) in [6, 6.07) is 3.84. The predicted octanol–water partition coefficient (Wildman–Crippen LogP) is -0.127. The zero-order chi connectivity index (χ0) is 14.7. The van der Waals surface area contributed by atoms with Crippen molar-refractivity contribution in [2.45, 2.75) is 12.8 Å². The molecule has 2 rings (SSSR count). The Hall–Kier alpha value is -2.87. The first kappa shape index (κ1) is 13.6. The Labute approximate surface area is 114 Å². The second kappa shape index (κ2) is 5.41. The molecule has 1 aliphatic rings. The van der Waals surface area contributed by atoms with Gasteiger partial charge in [0, 0.05) is 13.0 Å². The van der Waals surface area contributed by atoms with Gasteiger partial charge in [0.1, 0.15) is 11.6 Å². The number of nitrogens with zero attached hydrogens (tertiary/aromatic N) is 4. The molecular weight excluding hydrogens is 262 g/mol. The number of H-pyrrole nitrogens is 1. The van der Waals surface area contributed by atoms with Gasteiger partial charge in [0.2, 0.25) is 5.91 Å². The minimum absolute atomic E-state index is 0.00163. The Morgan fingerprint density at radius 1 is 1.60 bits per heavy atom. The molecule has 1 saturated heterocycles.